The van der Waals surface area contributed by atoms with Gasteiger partial charge >= 0.3 is 0 Å². The van der Waals surface area contributed by atoms with E-state index in [1.165, 1.54) is 4.90 Å². The molecule has 1 fully saturated rings. The zero-order valence-electron chi connectivity index (χ0n) is 10.3. The standard InChI is InChI=1S/C12H14F4N2O/c1-6(19)7-2-4-18(5-3-7)10-8(13)11(15)17-12(16)9(10)14/h6-7,19H,2-5H2,1H3. The van der Waals surface area contributed by atoms with Crippen LogP contribution in [0.25, 0.3) is 0 Å². The van der Waals surface area contributed by atoms with Gasteiger partial charge in [0.25, 0.3) is 11.9 Å². The molecule has 106 valence electrons. The van der Waals surface area contributed by atoms with Crippen molar-refractivity contribution in [3.63, 3.8) is 0 Å². The van der Waals surface area contributed by atoms with Crippen molar-refractivity contribution < 1.29 is 22.7 Å². The fourth-order valence-electron chi connectivity index (χ4n) is 2.36. The van der Waals surface area contributed by atoms with E-state index < -0.39 is 35.3 Å². The van der Waals surface area contributed by atoms with Crippen molar-refractivity contribution in [2.45, 2.75) is 25.9 Å². The zero-order valence-corrected chi connectivity index (χ0v) is 10.3. The van der Waals surface area contributed by atoms with Crippen LogP contribution in [0.4, 0.5) is 23.2 Å². The number of piperidine rings is 1. The zero-order chi connectivity index (χ0) is 14.2. The summed E-state index contributed by atoms with van der Waals surface area (Å²) < 4.78 is 53.1. The normalized spacial score (nSPS) is 18.7. The first-order chi connectivity index (χ1) is 8.91. The van der Waals surface area contributed by atoms with Gasteiger partial charge in [0.05, 0.1) is 6.10 Å². The first-order valence-electron chi connectivity index (χ1n) is 6.04. The van der Waals surface area contributed by atoms with Crippen molar-refractivity contribution in [1.82, 2.24) is 4.98 Å². The molecule has 1 aromatic heterocycles. The number of hydrogen-bond acceptors (Lipinski definition) is 3. The summed E-state index contributed by atoms with van der Waals surface area (Å²) in [4.78, 5) is 3.77. The SMILES string of the molecule is CC(O)C1CCN(c2c(F)c(F)nc(F)c2F)CC1. The molecule has 1 unspecified atom stereocenters. The molecule has 0 saturated carbocycles. The first kappa shape index (κ1) is 14.0. The highest BCUT2D eigenvalue weighted by atomic mass is 19.2. The molecule has 19 heavy (non-hydrogen) atoms. The van der Waals surface area contributed by atoms with Crippen molar-refractivity contribution in [3.8, 4) is 0 Å². The third kappa shape index (κ3) is 2.65. The van der Waals surface area contributed by atoms with E-state index in [4.69, 9.17) is 0 Å². The predicted octanol–water partition coefficient (Wildman–Crippen LogP) is 2.24. The summed E-state index contributed by atoms with van der Waals surface area (Å²) in [5, 5.41) is 9.43. The van der Waals surface area contributed by atoms with Crippen molar-refractivity contribution in [2.24, 2.45) is 5.92 Å². The average molecular weight is 278 g/mol. The molecule has 0 radical (unpaired) electrons. The van der Waals surface area contributed by atoms with Crippen LogP contribution in [-0.2, 0) is 0 Å². The van der Waals surface area contributed by atoms with Gasteiger partial charge in [0.2, 0.25) is 11.6 Å². The number of nitrogens with zero attached hydrogens (tertiary/aromatic N) is 2. The van der Waals surface area contributed by atoms with Gasteiger partial charge in [-0.1, -0.05) is 0 Å². The Morgan fingerprint density at radius 2 is 1.58 bits per heavy atom. The fraction of sp³-hybridized carbons (Fsp3) is 0.583. The van der Waals surface area contributed by atoms with Crippen LogP contribution in [0, 0.1) is 29.4 Å². The van der Waals surface area contributed by atoms with Crippen LogP contribution in [-0.4, -0.2) is 29.3 Å². The number of anilines is 1. The van der Waals surface area contributed by atoms with Crippen LogP contribution in [0.5, 0.6) is 0 Å². The van der Waals surface area contributed by atoms with Gasteiger partial charge in [0.1, 0.15) is 5.69 Å². The lowest BCUT2D eigenvalue weighted by molar-refractivity contribution is 0.109. The van der Waals surface area contributed by atoms with Gasteiger partial charge in [0.15, 0.2) is 0 Å². The summed E-state index contributed by atoms with van der Waals surface area (Å²) in [5.41, 5.74) is -0.714. The van der Waals surface area contributed by atoms with Gasteiger partial charge in [-0.25, -0.2) is 0 Å². The molecule has 0 aromatic carbocycles. The van der Waals surface area contributed by atoms with Gasteiger partial charge in [-0.2, -0.15) is 22.5 Å². The minimum atomic E-state index is -1.65. The van der Waals surface area contributed by atoms with Crippen LogP contribution < -0.4 is 4.90 Å². The molecule has 0 spiro atoms. The Morgan fingerprint density at radius 1 is 1.11 bits per heavy atom. The number of aromatic nitrogens is 1. The van der Waals surface area contributed by atoms with E-state index in [0.29, 0.717) is 12.8 Å². The van der Waals surface area contributed by atoms with E-state index in [1.807, 2.05) is 0 Å². The number of hydrogen-bond donors (Lipinski definition) is 1. The number of aliphatic hydroxyl groups excluding tert-OH is 1. The highest BCUT2D eigenvalue weighted by Crippen LogP contribution is 2.30. The number of halogens is 4. The molecule has 1 aromatic rings. The lowest BCUT2D eigenvalue weighted by Crippen LogP contribution is -2.38. The monoisotopic (exact) mass is 278 g/mol. The Morgan fingerprint density at radius 3 is 2.00 bits per heavy atom. The molecular formula is C12H14F4N2O. The second-order valence-corrected chi connectivity index (χ2v) is 4.74. The van der Waals surface area contributed by atoms with Gasteiger partial charge in [-0.15, -0.1) is 0 Å². The van der Waals surface area contributed by atoms with E-state index in [-0.39, 0.29) is 19.0 Å². The van der Waals surface area contributed by atoms with Crippen LogP contribution in [0.2, 0.25) is 0 Å². The summed E-state index contributed by atoms with van der Waals surface area (Å²) in [5.74, 6) is -6.22. The summed E-state index contributed by atoms with van der Waals surface area (Å²) >= 11 is 0. The Kier molecular flexibility index (Phi) is 3.93. The van der Waals surface area contributed by atoms with Crippen molar-refractivity contribution in [3.05, 3.63) is 23.5 Å². The Labute approximate surface area is 107 Å². The second kappa shape index (κ2) is 5.32. The number of pyridine rings is 1. The van der Waals surface area contributed by atoms with E-state index in [1.54, 1.807) is 6.92 Å². The summed E-state index contributed by atoms with van der Waals surface area (Å²) in [6, 6.07) is 0. The third-order valence-electron chi connectivity index (χ3n) is 3.51. The van der Waals surface area contributed by atoms with Gasteiger partial charge in [-0.05, 0) is 25.7 Å². The highest BCUT2D eigenvalue weighted by molar-refractivity contribution is 5.48. The topological polar surface area (TPSA) is 36.4 Å². The third-order valence-corrected chi connectivity index (χ3v) is 3.51. The van der Waals surface area contributed by atoms with Gasteiger partial charge in [-0.3, -0.25) is 0 Å². The largest absolute Gasteiger partial charge is 0.393 e. The fourth-order valence-corrected chi connectivity index (χ4v) is 2.36. The molecule has 0 amide bonds. The summed E-state index contributed by atoms with van der Waals surface area (Å²) in [6.45, 7) is 2.10. The maximum absolute atomic E-state index is 13.5. The Balaban J connectivity index is 2.25. The van der Waals surface area contributed by atoms with Gasteiger partial charge in [0, 0.05) is 13.1 Å². The molecule has 3 nitrogen and oxygen atoms in total. The van der Waals surface area contributed by atoms with Crippen LogP contribution >= 0.6 is 0 Å². The molecular weight excluding hydrogens is 264 g/mol. The van der Waals surface area contributed by atoms with Crippen LogP contribution in [0.15, 0.2) is 0 Å². The molecule has 1 saturated heterocycles. The first-order valence-corrected chi connectivity index (χ1v) is 6.04. The van der Waals surface area contributed by atoms with Gasteiger partial charge < -0.3 is 10.0 Å². The smallest absolute Gasteiger partial charge is 0.253 e. The molecule has 2 heterocycles. The summed E-state index contributed by atoms with van der Waals surface area (Å²) in [7, 11) is 0. The number of rotatable bonds is 2. The molecule has 0 aliphatic carbocycles. The van der Waals surface area contributed by atoms with Crippen molar-refractivity contribution in [2.75, 3.05) is 18.0 Å². The van der Waals surface area contributed by atoms with Crippen molar-refractivity contribution in [1.29, 1.82) is 0 Å². The molecule has 1 aliphatic heterocycles. The maximum Gasteiger partial charge on any atom is 0.253 e. The lowest BCUT2D eigenvalue weighted by Gasteiger charge is -2.34. The predicted molar refractivity (Wildman–Crippen MR) is 60.7 cm³/mol. The van der Waals surface area contributed by atoms with E-state index in [2.05, 4.69) is 4.98 Å². The van der Waals surface area contributed by atoms with Crippen LogP contribution in [0.3, 0.4) is 0 Å². The average Bonchev–Trinajstić information content (AvgIpc) is 2.37. The summed E-state index contributed by atoms with van der Waals surface area (Å²) in [6.07, 6.45) is 0.493. The molecule has 1 N–H and O–H groups in total. The molecule has 7 heteroatoms. The lowest BCUT2D eigenvalue weighted by atomic mass is 9.92. The minimum absolute atomic E-state index is 0.0268. The van der Waals surface area contributed by atoms with E-state index >= 15 is 0 Å². The van der Waals surface area contributed by atoms with E-state index in [0.717, 1.165) is 0 Å². The minimum Gasteiger partial charge on any atom is -0.393 e. The highest BCUT2D eigenvalue weighted by Gasteiger charge is 2.29. The van der Waals surface area contributed by atoms with Crippen LogP contribution in [0.1, 0.15) is 19.8 Å². The second-order valence-electron chi connectivity index (χ2n) is 4.74. The molecule has 1 aliphatic rings. The van der Waals surface area contributed by atoms with E-state index in [9.17, 15) is 22.7 Å². The maximum atomic E-state index is 13.5. The van der Waals surface area contributed by atoms with Crippen molar-refractivity contribution >= 4 is 5.69 Å². The molecule has 1 atom stereocenters. The Hall–Kier alpha value is -1.37. The molecule has 2 rings (SSSR count). The molecule has 0 bridgehead atoms. The Bertz CT molecular complexity index is 447. The number of aliphatic hydroxyl groups is 1. The quantitative estimate of drug-likeness (QED) is 0.666.